The number of carbonyl (C=O) groups excluding carboxylic acids is 1. The molecule has 0 N–H and O–H groups in total. The Labute approximate surface area is 130 Å². The zero-order valence-electron chi connectivity index (χ0n) is 14.2. The van der Waals surface area contributed by atoms with E-state index < -0.39 is 0 Å². The second-order valence-electron chi connectivity index (χ2n) is 9.45. The van der Waals surface area contributed by atoms with E-state index in [0.717, 1.165) is 36.0 Å². The van der Waals surface area contributed by atoms with Crippen LogP contribution in [0.25, 0.3) is 0 Å². The molecule has 0 saturated heterocycles. The Kier molecular flexibility index (Phi) is 3.12. The normalized spacial score (nSPS) is 56.5. The van der Waals surface area contributed by atoms with E-state index in [1.165, 1.54) is 51.4 Å². The summed E-state index contributed by atoms with van der Waals surface area (Å²) in [6, 6.07) is 0. The molecule has 0 amide bonds. The summed E-state index contributed by atoms with van der Waals surface area (Å²) in [6.07, 6.45) is 11.8. The molecule has 0 aromatic rings. The van der Waals surface area contributed by atoms with Gasteiger partial charge < -0.3 is 0 Å². The van der Waals surface area contributed by atoms with Crippen LogP contribution in [0.1, 0.15) is 78.6 Å². The van der Waals surface area contributed by atoms with Crippen LogP contribution in [-0.2, 0) is 4.79 Å². The SMILES string of the molecule is C[C@H]1CC[C@]2(C)C3CC[C@]4(C)C(=O)CCC4C3CC[C@H]2C1. The fourth-order valence-corrected chi connectivity index (χ4v) is 7.24. The van der Waals surface area contributed by atoms with Crippen molar-refractivity contribution in [2.24, 2.45) is 40.4 Å². The fraction of sp³-hybridized carbons (Fsp3) is 0.950. The first-order valence-corrected chi connectivity index (χ1v) is 9.48. The van der Waals surface area contributed by atoms with Gasteiger partial charge in [-0.3, -0.25) is 4.79 Å². The standard InChI is InChI=1S/C20H32O/c1-13-8-10-19(2)14(12-13)4-5-15-16-6-7-18(21)20(16,3)11-9-17(15)19/h13-17H,4-12H2,1-3H3/t13-,14-,15?,16?,17?,19-,20-/m0/s1. The molecular formula is C20H32O. The van der Waals surface area contributed by atoms with Gasteiger partial charge in [0, 0.05) is 11.8 Å². The minimum Gasteiger partial charge on any atom is -0.299 e. The van der Waals surface area contributed by atoms with Gasteiger partial charge in [-0.1, -0.05) is 27.2 Å². The van der Waals surface area contributed by atoms with E-state index in [-0.39, 0.29) is 5.41 Å². The molecule has 4 rings (SSSR count). The van der Waals surface area contributed by atoms with Crippen molar-refractivity contribution >= 4 is 5.78 Å². The maximum Gasteiger partial charge on any atom is 0.139 e. The first kappa shape index (κ1) is 14.3. The van der Waals surface area contributed by atoms with Crippen molar-refractivity contribution in [2.45, 2.75) is 78.6 Å². The summed E-state index contributed by atoms with van der Waals surface area (Å²) in [4.78, 5) is 12.4. The predicted molar refractivity (Wildman–Crippen MR) is 85.9 cm³/mol. The zero-order chi connectivity index (χ0) is 14.8. The molecule has 3 unspecified atom stereocenters. The molecule has 0 spiro atoms. The quantitative estimate of drug-likeness (QED) is 0.596. The van der Waals surface area contributed by atoms with Gasteiger partial charge >= 0.3 is 0 Å². The van der Waals surface area contributed by atoms with Gasteiger partial charge in [0.25, 0.3) is 0 Å². The van der Waals surface area contributed by atoms with Gasteiger partial charge in [-0.25, -0.2) is 0 Å². The summed E-state index contributed by atoms with van der Waals surface area (Å²) in [7, 11) is 0. The van der Waals surface area contributed by atoms with Crippen LogP contribution in [0.4, 0.5) is 0 Å². The highest BCUT2D eigenvalue weighted by atomic mass is 16.1. The van der Waals surface area contributed by atoms with Crippen molar-refractivity contribution in [1.29, 1.82) is 0 Å². The smallest absolute Gasteiger partial charge is 0.139 e. The third-order valence-electron chi connectivity index (χ3n) is 8.64. The number of rotatable bonds is 0. The van der Waals surface area contributed by atoms with Crippen molar-refractivity contribution in [3.8, 4) is 0 Å². The number of hydrogen-bond acceptors (Lipinski definition) is 1. The van der Waals surface area contributed by atoms with Gasteiger partial charge in [-0.15, -0.1) is 0 Å². The average Bonchev–Trinajstić information content (AvgIpc) is 2.76. The summed E-state index contributed by atoms with van der Waals surface area (Å²) in [5.41, 5.74) is 0.661. The van der Waals surface area contributed by atoms with Crippen molar-refractivity contribution in [3.05, 3.63) is 0 Å². The van der Waals surface area contributed by atoms with Crippen LogP contribution in [0.2, 0.25) is 0 Å². The van der Waals surface area contributed by atoms with E-state index in [2.05, 4.69) is 20.8 Å². The van der Waals surface area contributed by atoms with E-state index in [9.17, 15) is 4.79 Å². The molecule has 118 valence electrons. The molecule has 1 nitrogen and oxygen atoms in total. The molecule has 21 heavy (non-hydrogen) atoms. The second-order valence-corrected chi connectivity index (χ2v) is 9.45. The summed E-state index contributed by atoms with van der Waals surface area (Å²) < 4.78 is 0. The Hall–Kier alpha value is -0.330. The third kappa shape index (κ3) is 1.85. The Morgan fingerprint density at radius 3 is 2.57 bits per heavy atom. The Bertz CT molecular complexity index is 455. The number of ketones is 1. The summed E-state index contributed by atoms with van der Waals surface area (Å²) in [6.45, 7) is 7.39. The van der Waals surface area contributed by atoms with E-state index in [1.54, 1.807) is 0 Å². The summed E-state index contributed by atoms with van der Waals surface area (Å²) >= 11 is 0. The van der Waals surface area contributed by atoms with E-state index in [1.807, 2.05) is 0 Å². The van der Waals surface area contributed by atoms with Crippen LogP contribution < -0.4 is 0 Å². The van der Waals surface area contributed by atoms with Gasteiger partial charge in [0.2, 0.25) is 0 Å². The lowest BCUT2D eigenvalue weighted by Gasteiger charge is -2.60. The number of Topliss-reactive ketones (excluding diaryl/α,β-unsaturated/α-hetero) is 1. The molecule has 0 heterocycles. The lowest BCUT2D eigenvalue weighted by Crippen LogP contribution is -2.53. The van der Waals surface area contributed by atoms with Crippen LogP contribution >= 0.6 is 0 Å². The number of fused-ring (bicyclic) bond motifs is 5. The monoisotopic (exact) mass is 288 g/mol. The second kappa shape index (κ2) is 4.59. The van der Waals surface area contributed by atoms with E-state index >= 15 is 0 Å². The molecule has 0 aromatic heterocycles. The van der Waals surface area contributed by atoms with Crippen LogP contribution in [0.3, 0.4) is 0 Å². The molecule has 7 atom stereocenters. The molecule has 0 radical (unpaired) electrons. The minimum absolute atomic E-state index is 0.0618. The summed E-state index contributed by atoms with van der Waals surface area (Å²) in [5, 5.41) is 0. The van der Waals surface area contributed by atoms with E-state index in [4.69, 9.17) is 0 Å². The molecule has 0 bridgehead atoms. The molecule has 0 aromatic carbocycles. The van der Waals surface area contributed by atoms with Gasteiger partial charge in [0.1, 0.15) is 5.78 Å². The zero-order valence-corrected chi connectivity index (χ0v) is 14.2. The van der Waals surface area contributed by atoms with Crippen molar-refractivity contribution in [3.63, 3.8) is 0 Å². The predicted octanol–water partition coefficient (Wildman–Crippen LogP) is 5.23. The minimum atomic E-state index is 0.0618. The van der Waals surface area contributed by atoms with Crippen LogP contribution in [0, 0.1) is 40.4 Å². The molecular weight excluding hydrogens is 256 g/mol. The Morgan fingerprint density at radius 1 is 0.952 bits per heavy atom. The Morgan fingerprint density at radius 2 is 1.76 bits per heavy atom. The molecule has 0 aliphatic heterocycles. The number of hydrogen-bond donors (Lipinski definition) is 0. The number of carbonyl (C=O) groups is 1. The van der Waals surface area contributed by atoms with Gasteiger partial charge in [0.05, 0.1) is 0 Å². The van der Waals surface area contributed by atoms with Crippen LogP contribution in [-0.4, -0.2) is 5.78 Å². The van der Waals surface area contributed by atoms with Crippen molar-refractivity contribution < 1.29 is 4.79 Å². The summed E-state index contributed by atoms with van der Waals surface area (Å²) in [5.74, 6) is 5.03. The maximum atomic E-state index is 12.4. The first-order valence-electron chi connectivity index (χ1n) is 9.48. The Balaban J connectivity index is 1.64. The largest absolute Gasteiger partial charge is 0.299 e. The van der Waals surface area contributed by atoms with Crippen molar-refractivity contribution in [1.82, 2.24) is 0 Å². The molecule has 4 saturated carbocycles. The first-order chi connectivity index (χ1) is 9.95. The van der Waals surface area contributed by atoms with Gasteiger partial charge in [0.15, 0.2) is 0 Å². The van der Waals surface area contributed by atoms with Crippen LogP contribution in [0.15, 0.2) is 0 Å². The van der Waals surface area contributed by atoms with E-state index in [0.29, 0.717) is 11.2 Å². The molecule has 4 aliphatic rings. The van der Waals surface area contributed by atoms with Gasteiger partial charge in [-0.05, 0) is 80.0 Å². The lowest BCUT2D eigenvalue weighted by atomic mass is 9.45. The molecule has 4 aliphatic carbocycles. The molecule has 4 fully saturated rings. The fourth-order valence-electron chi connectivity index (χ4n) is 7.24. The highest BCUT2D eigenvalue weighted by molar-refractivity contribution is 5.87. The topological polar surface area (TPSA) is 17.1 Å². The van der Waals surface area contributed by atoms with Crippen LogP contribution in [0.5, 0.6) is 0 Å². The third-order valence-corrected chi connectivity index (χ3v) is 8.64. The maximum absolute atomic E-state index is 12.4. The van der Waals surface area contributed by atoms with Gasteiger partial charge in [-0.2, -0.15) is 0 Å². The molecule has 1 heteroatoms. The highest BCUT2D eigenvalue weighted by Gasteiger charge is 2.59. The lowest BCUT2D eigenvalue weighted by molar-refractivity contribution is -0.139. The highest BCUT2D eigenvalue weighted by Crippen LogP contribution is 2.65. The average molecular weight is 288 g/mol. The van der Waals surface area contributed by atoms with Crippen molar-refractivity contribution in [2.75, 3.05) is 0 Å².